The van der Waals surface area contributed by atoms with Gasteiger partial charge in [0.1, 0.15) is 0 Å². The first-order chi connectivity index (χ1) is 12.2. The van der Waals surface area contributed by atoms with Gasteiger partial charge in [0.15, 0.2) is 0 Å². The third kappa shape index (κ3) is 6.37. The molecule has 0 bridgehead atoms. The summed E-state index contributed by atoms with van der Waals surface area (Å²) < 4.78 is 0. The van der Waals surface area contributed by atoms with Crippen LogP contribution in [0.1, 0.15) is 57.9 Å². The number of hydrogen-bond donors (Lipinski definition) is 1. The molecule has 4 nitrogen and oxygen atoms in total. The molecule has 1 aliphatic rings. The maximum absolute atomic E-state index is 12.1. The van der Waals surface area contributed by atoms with Gasteiger partial charge in [-0.05, 0) is 38.2 Å². The van der Waals surface area contributed by atoms with Crippen molar-refractivity contribution in [2.24, 2.45) is 4.99 Å². The Morgan fingerprint density at radius 3 is 2.56 bits per heavy atom. The average Bonchev–Trinajstić information content (AvgIpc) is 3.19. The summed E-state index contributed by atoms with van der Waals surface area (Å²) in [4.78, 5) is 18.9. The maximum atomic E-state index is 12.1. The Bertz CT molecular complexity index is 586. The lowest BCUT2D eigenvalue weighted by molar-refractivity contribution is 0.209. The number of carbonyl (C=O) groups excluding carboxylic acids is 1. The fourth-order valence-electron chi connectivity index (χ4n) is 3.01. The van der Waals surface area contributed by atoms with Crippen LogP contribution in [-0.4, -0.2) is 36.3 Å². The van der Waals surface area contributed by atoms with Gasteiger partial charge in [0.25, 0.3) is 0 Å². The Balaban J connectivity index is 1.94. The molecule has 1 aromatic rings. The molecule has 1 aliphatic heterocycles. The van der Waals surface area contributed by atoms with Gasteiger partial charge >= 0.3 is 6.03 Å². The first-order valence-electron chi connectivity index (χ1n) is 9.55. The molecule has 0 radical (unpaired) electrons. The van der Waals surface area contributed by atoms with Crippen LogP contribution < -0.4 is 5.32 Å². The molecular weight excluding hydrogens is 310 g/mol. The molecule has 1 aromatic carbocycles. The predicted octanol–water partition coefficient (Wildman–Crippen LogP) is 4.77. The molecule has 2 rings (SSSR count). The highest BCUT2D eigenvalue weighted by Crippen LogP contribution is 2.13. The van der Waals surface area contributed by atoms with Gasteiger partial charge in [-0.25, -0.2) is 4.79 Å². The lowest BCUT2D eigenvalue weighted by Crippen LogP contribution is -2.38. The lowest BCUT2D eigenvalue weighted by Gasteiger charge is -2.16. The maximum Gasteiger partial charge on any atom is 0.317 e. The summed E-state index contributed by atoms with van der Waals surface area (Å²) in [7, 11) is 0. The fourth-order valence-corrected chi connectivity index (χ4v) is 3.01. The minimum Gasteiger partial charge on any atom is -0.338 e. The van der Waals surface area contributed by atoms with E-state index in [-0.39, 0.29) is 6.03 Å². The number of likely N-dealkylation sites (tertiary alicyclic amines) is 1. The van der Waals surface area contributed by atoms with Gasteiger partial charge in [-0.3, -0.25) is 4.99 Å². The molecule has 25 heavy (non-hydrogen) atoms. The van der Waals surface area contributed by atoms with Crippen LogP contribution in [0.2, 0.25) is 0 Å². The fraction of sp³-hybridized carbons (Fsp3) is 0.524. The summed E-state index contributed by atoms with van der Waals surface area (Å²) in [6.07, 6.45) is 8.33. The van der Waals surface area contributed by atoms with Gasteiger partial charge in [0.2, 0.25) is 0 Å². The number of carbonyl (C=O) groups is 1. The molecule has 1 fully saturated rings. The Labute approximate surface area is 152 Å². The molecule has 0 saturated carbocycles. The molecule has 1 saturated heterocycles. The zero-order chi connectivity index (χ0) is 17.9. The summed E-state index contributed by atoms with van der Waals surface area (Å²) in [5.41, 5.74) is 3.37. The number of nitrogens with zero attached hydrogens (tertiary/aromatic N) is 2. The third-order valence-corrected chi connectivity index (χ3v) is 4.54. The van der Waals surface area contributed by atoms with Crippen LogP contribution in [0.4, 0.5) is 4.79 Å². The first-order valence-corrected chi connectivity index (χ1v) is 9.55. The number of nitrogens with one attached hydrogen (secondary N) is 1. The van der Waals surface area contributed by atoms with E-state index in [9.17, 15) is 4.79 Å². The van der Waals surface area contributed by atoms with Gasteiger partial charge < -0.3 is 10.2 Å². The summed E-state index contributed by atoms with van der Waals surface area (Å²) in [6, 6.07) is 10.5. The molecule has 1 N–H and O–H groups in total. The van der Waals surface area contributed by atoms with Gasteiger partial charge in [-0.2, -0.15) is 0 Å². The molecule has 1 heterocycles. The van der Waals surface area contributed by atoms with Crippen molar-refractivity contribution < 1.29 is 4.79 Å². The standard InChI is InChI=1S/C21H31N3O/c1-3-5-13-20(18-11-7-6-8-12-18)23-19(4-2)14-15-22-21(25)24-16-9-10-17-24/h4,6-8,11-12H,3,5,9-10,13-17H2,1-2H3,(H,22,25)/b19-4-,23-20?. The lowest BCUT2D eigenvalue weighted by atomic mass is 10.0. The number of rotatable bonds is 8. The molecule has 0 aromatic heterocycles. The van der Waals surface area contributed by atoms with E-state index in [1.165, 1.54) is 5.56 Å². The topological polar surface area (TPSA) is 44.7 Å². The third-order valence-electron chi connectivity index (χ3n) is 4.54. The van der Waals surface area contributed by atoms with Crippen molar-refractivity contribution in [3.05, 3.63) is 47.7 Å². The van der Waals surface area contributed by atoms with Crippen LogP contribution in [0.15, 0.2) is 47.1 Å². The van der Waals surface area contributed by atoms with Crippen molar-refractivity contribution in [2.75, 3.05) is 19.6 Å². The molecule has 0 unspecified atom stereocenters. The number of aliphatic imine (C=N–C) groups is 1. The van der Waals surface area contributed by atoms with Crippen molar-refractivity contribution in [2.45, 2.75) is 52.4 Å². The smallest absolute Gasteiger partial charge is 0.317 e. The largest absolute Gasteiger partial charge is 0.338 e. The second-order valence-electron chi connectivity index (χ2n) is 6.48. The van der Waals surface area contributed by atoms with Gasteiger partial charge in [-0.15, -0.1) is 0 Å². The van der Waals surface area contributed by atoms with E-state index in [2.05, 4.69) is 42.6 Å². The van der Waals surface area contributed by atoms with Gasteiger partial charge in [-0.1, -0.05) is 49.8 Å². The summed E-state index contributed by atoms with van der Waals surface area (Å²) in [5, 5.41) is 3.02. The van der Waals surface area contributed by atoms with Gasteiger partial charge in [0.05, 0.1) is 0 Å². The Morgan fingerprint density at radius 2 is 1.92 bits per heavy atom. The molecular formula is C21H31N3O. The second-order valence-corrected chi connectivity index (χ2v) is 6.48. The summed E-state index contributed by atoms with van der Waals surface area (Å²) >= 11 is 0. The minimum absolute atomic E-state index is 0.0613. The highest BCUT2D eigenvalue weighted by Gasteiger charge is 2.17. The minimum atomic E-state index is 0.0613. The Morgan fingerprint density at radius 1 is 1.20 bits per heavy atom. The van der Waals surface area contributed by atoms with Crippen molar-refractivity contribution >= 4 is 11.7 Å². The van der Waals surface area contributed by atoms with E-state index in [1.807, 2.05) is 17.9 Å². The number of allylic oxidation sites excluding steroid dienone is 1. The van der Waals surface area contributed by atoms with E-state index in [4.69, 9.17) is 4.99 Å². The number of hydrogen-bond acceptors (Lipinski definition) is 2. The molecule has 0 atom stereocenters. The van der Waals surface area contributed by atoms with E-state index >= 15 is 0 Å². The molecule has 4 heteroatoms. The van der Waals surface area contributed by atoms with Crippen LogP contribution in [0.25, 0.3) is 0 Å². The van der Waals surface area contributed by atoms with E-state index in [0.717, 1.165) is 63.0 Å². The highest BCUT2D eigenvalue weighted by atomic mass is 16.2. The zero-order valence-electron chi connectivity index (χ0n) is 15.6. The number of unbranched alkanes of at least 4 members (excludes halogenated alkanes) is 1. The van der Waals surface area contributed by atoms with Crippen molar-refractivity contribution in [1.82, 2.24) is 10.2 Å². The Kier molecular flexibility index (Phi) is 8.23. The summed E-state index contributed by atoms with van der Waals surface area (Å²) in [6.45, 7) is 6.62. The van der Waals surface area contributed by atoms with Crippen LogP contribution in [0, 0.1) is 0 Å². The first kappa shape index (κ1) is 19.2. The van der Waals surface area contributed by atoms with Crippen LogP contribution >= 0.6 is 0 Å². The summed E-state index contributed by atoms with van der Waals surface area (Å²) in [5.74, 6) is 0. The van der Waals surface area contributed by atoms with Crippen LogP contribution in [0.5, 0.6) is 0 Å². The van der Waals surface area contributed by atoms with E-state index < -0.39 is 0 Å². The van der Waals surface area contributed by atoms with E-state index in [1.54, 1.807) is 0 Å². The molecule has 2 amide bonds. The highest BCUT2D eigenvalue weighted by molar-refractivity contribution is 6.01. The average molecular weight is 341 g/mol. The quantitative estimate of drug-likeness (QED) is 0.680. The van der Waals surface area contributed by atoms with Gasteiger partial charge in [0, 0.05) is 37.5 Å². The number of benzene rings is 1. The second kappa shape index (κ2) is 10.7. The van der Waals surface area contributed by atoms with Crippen molar-refractivity contribution in [3.8, 4) is 0 Å². The van der Waals surface area contributed by atoms with Crippen LogP contribution in [0.3, 0.4) is 0 Å². The molecule has 0 aliphatic carbocycles. The number of urea groups is 1. The monoisotopic (exact) mass is 341 g/mol. The van der Waals surface area contributed by atoms with E-state index in [0.29, 0.717) is 6.54 Å². The number of amides is 2. The molecule has 0 spiro atoms. The predicted molar refractivity (Wildman–Crippen MR) is 105 cm³/mol. The Hall–Kier alpha value is -2.10. The van der Waals surface area contributed by atoms with Crippen molar-refractivity contribution in [3.63, 3.8) is 0 Å². The zero-order valence-corrected chi connectivity index (χ0v) is 15.6. The van der Waals surface area contributed by atoms with Crippen LogP contribution in [-0.2, 0) is 0 Å². The van der Waals surface area contributed by atoms with Crippen molar-refractivity contribution in [1.29, 1.82) is 0 Å². The molecule has 136 valence electrons. The normalized spacial score (nSPS) is 15.5. The SMILES string of the molecule is C/C=C(/CCNC(=O)N1CCCC1)N=C(CCCC)c1ccccc1.